The van der Waals surface area contributed by atoms with E-state index in [1.807, 2.05) is 12.1 Å². The van der Waals surface area contributed by atoms with Crippen molar-refractivity contribution in [1.82, 2.24) is 4.90 Å². The summed E-state index contributed by atoms with van der Waals surface area (Å²) in [6, 6.07) is 3.96. The second-order valence-electron chi connectivity index (χ2n) is 5.99. The third kappa shape index (κ3) is 3.50. The van der Waals surface area contributed by atoms with Crippen molar-refractivity contribution in [2.75, 3.05) is 19.7 Å². The highest BCUT2D eigenvalue weighted by molar-refractivity contribution is 6.30. The van der Waals surface area contributed by atoms with E-state index < -0.39 is 5.97 Å². The van der Waals surface area contributed by atoms with Crippen LogP contribution in [0.5, 0.6) is 5.75 Å². The minimum atomic E-state index is -0.700. The summed E-state index contributed by atoms with van der Waals surface area (Å²) in [5.74, 6) is 0.540. The number of nitrogens with zero attached hydrogens (tertiary/aromatic N) is 1. The molecule has 2 aliphatic heterocycles. The molecular weight excluding hydrogens is 290 g/mol. The van der Waals surface area contributed by atoms with Crippen molar-refractivity contribution in [3.63, 3.8) is 0 Å². The first-order valence-corrected chi connectivity index (χ1v) is 7.88. The van der Waals surface area contributed by atoms with E-state index in [1.165, 1.54) is 5.56 Å². The lowest BCUT2D eigenvalue weighted by Gasteiger charge is -2.32. The number of piperidine rings is 1. The van der Waals surface area contributed by atoms with Crippen LogP contribution < -0.4 is 4.74 Å². The maximum atomic E-state index is 10.9. The van der Waals surface area contributed by atoms with Gasteiger partial charge in [-0.3, -0.25) is 9.69 Å². The summed E-state index contributed by atoms with van der Waals surface area (Å²) in [4.78, 5) is 13.2. The Labute approximate surface area is 129 Å². The number of carboxylic acid groups (broad SMARTS) is 1. The summed E-state index contributed by atoms with van der Waals surface area (Å²) in [5, 5.41) is 9.71. The second kappa shape index (κ2) is 6.24. The van der Waals surface area contributed by atoms with E-state index in [0.29, 0.717) is 0 Å². The molecule has 1 N–H and O–H groups in total. The van der Waals surface area contributed by atoms with Crippen molar-refractivity contribution in [2.45, 2.75) is 32.2 Å². The van der Waals surface area contributed by atoms with Gasteiger partial charge in [-0.2, -0.15) is 0 Å². The number of rotatable bonds is 4. The number of likely N-dealkylation sites (tertiary alicyclic amines) is 1. The number of benzene rings is 1. The zero-order valence-corrected chi connectivity index (χ0v) is 12.7. The van der Waals surface area contributed by atoms with Crippen LogP contribution in [0, 0.1) is 5.92 Å². The molecule has 1 aromatic carbocycles. The van der Waals surface area contributed by atoms with E-state index in [1.54, 1.807) is 0 Å². The highest BCUT2D eigenvalue weighted by Crippen LogP contribution is 2.34. The van der Waals surface area contributed by atoms with Gasteiger partial charge in [-0.1, -0.05) is 11.6 Å². The fourth-order valence-electron chi connectivity index (χ4n) is 3.41. The molecule has 3 rings (SSSR count). The Balaban J connectivity index is 1.70. The van der Waals surface area contributed by atoms with Crippen molar-refractivity contribution in [1.29, 1.82) is 0 Å². The van der Waals surface area contributed by atoms with Crippen LogP contribution in [0.25, 0.3) is 0 Å². The lowest BCUT2D eigenvalue weighted by Crippen LogP contribution is -2.35. The Morgan fingerprint density at radius 2 is 2.33 bits per heavy atom. The molecule has 1 saturated heterocycles. The van der Waals surface area contributed by atoms with E-state index in [4.69, 9.17) is 21.4 Å². The molecule has 5 heteroatoms. The number of ether oxygens (including phenoxy) is 1. The van der Waals surface area contributed by atoms with Crippen molar-refractivity contribution in [3.8, 4) is 5.75 Å². The number of carboxylic acids is 1. The maximum absolute atomic E-state index is 10.9. The molecule has 0 amide bonds. The molecule has 21 heavy (non-hydrogen) atoms. The molecule has 114 valence electrons. The quantitative estimate of drug-likeness (QED) is 0.929. The van der Waals surface area contributed by atoms with Gasteiger partial charge in [0.1, 0.15) is 5.75 Å². The molecular formula is C16H20ClNO3. The molecule has 2 heterocycles. The monoisotopic (exact) mass is 309 g/mol. The predicted molar refractivity (Wildman–Crippen MR) is 80.9 cm³/mol. The van der Waals surface area contributed by atoms with Crippen LogP contribution >= 0.6 is 11.6 Å². The first-order chi connectivity index (χ1) is 10.1. The topological polar surface area (TPSA) is 49.8 Å². The number of hydrogen-bond acceptors (Lipinski definition) is 3. The van der Waals surface area contributed by atoms with Crippen molar-refractivity contribution in [3.05, 3.63) is 28.3 Å². The van der Waals surface area contributed by atoms with E-state index in [0.717, 1.165) is 61.8 Å². The third-order valence-corrected chi connectivity index (χ3v) is 4.50. The SMILES string of the molecule is O=C(O)CC1CCCN(Cc2cc(Cl)cc3c2OCC3)C1. The summed E-state index contributed by atoms with van der Waals surface area (Å²) in [5.41, 5.74) is 2.32. The van der Waals surface area contributed by atoms with Crippen LogP contribution in [0.15, 0.2) is 12.1 Å². The fraction of sp³-hybridized carbons (Fsp3) is 0.562. The van der Waals surface area contributed by atoms with Gasteiger partial charge in [0.15, 0.2) is 0 Å². The molecule has 0 aromatic heterocycles. The first kappa shape index (κ1) is 14.7. The van der Waals surface area contributed by atoms with Crippen LogP contribution in [-0.4, -0.2) is 35.7 Å². The van der Waals surface area contributed by atoms with Gasteiger partial charge in [0, 0.05) is 36.5 Å². The lowest BCUT2D eigenvalue weighted by atomic mass is 9.94. The van der Waals surface area contributed by atoms with Gasteiger partial charge in [0.25, 0.3) is 0 Å². The Hall–Kier alpha value is -1.26. The maximum Gasteiger partial charge on any atom is 0.303 e. The molecule has 0 spiro atoms. The number of hydrogen-bond donors (Lipinski definition) is 1. The van der Waals surface area contributed by atoms with Crippen LogP contribution in [0.2, 0.25) is 5.02 Å². The third-order valence-electron chi connectivity index (χ3n) is 4.29. The summed E-state index contributed by atoms with van der Waals surface area (Å²) >= 11 is 6.19. The molecule has 0 aliphatic carbocycles. The highest BCUT2D eigenvalue weighted by Gasteiger charge is 2.24. The zero-order valence-electron chi connectivity index (χ0n) is 12.0. The smallest absolute Gasteiger partial charge is 0.303 e. The Kier molecular flexibility index (Phi) is 4.36. The van der Waals surface area contributed by atoms with Crippen molar-refractivity contribution >= 4 is 17.6 Å². The van der Waals surface area contributed by atoms with Gasteiger partial charge in [0.2, 0.25) is 0 Å². The fourth-order valence-corrected chi connectivity index (χ4v) is 3.68. The molecule has 1 fully saturated rings. The average Bonchev–Trinajstić information content (AvgIpc) is 2.86. The van der Waals surface area contributed by atoms with Crippen LogP contribution in [0.4, 0.5) is 0 Å². The van der Waals surface area contributed by atoms with Crippen molar-refractivity contribution < 1.29 is 14.6 Å². The molecule has 1 aromatic rings. The Morgan fingerprint density at radius 1 is 1.48 bits per heavy atom. The minimum Gasteiger partial charge on any atom is -0.493 e. The predicted octanol–water partition coefficient (Wildman–Crippen LogP) is 2.96. The van der Waals surface area contributed by atoms with Gasteiger partial charge in [0.05, 0.1) is 6.61 Å². The molecule has 2 aliphatic rings. The van der Waals surface area contributed by atoms with E-state index in [9.17, 15) is 4.79 Å². The van der Waals surface area contributed by atoms with Crippen LogP contribution in [0.3, 0.4) is 0 Å². The number of carbonyl (C=O) groups is 1. The van der Waals surface area contributed by atoms with Gasteiger partial charge in [-0.15, -0.1) is 0 Å². The van der Waals surface area contributed by atoms with Crippen molar-refractivity contribution in [2.24, 2.45) is 5.92 Å². The normalized spacial score (nSPS) is 21.9. The van der Waals surface area contributed by atoms with E-state index >= 15 is 0 Å². The molecule has 4 nitrogen and oxygen atoms in total. The van der Waals surface area contributed by atoms with Crippen LogP contribution in [-0.2, 0) is 17.8 Å². The summed E-state index contributed by atoms with van der Waals surface area (Å²) in [7, 11) is 0. The molecule has 1 unspecified atom stereocenters. The standard InChI is InChI=1S/C16H20ClNO3/c17-14-7-12-3-5-21-16(12)13(8-14)10-18-4-1-2-11(9-18)6-15(19)20/h7-8,11H,1-6,9-10H2,(H,19,20). The van der Waals surface area contributed by atoms with Gasteiger partial charge >= 0.3 is 5.97 Å². The molecule has 0 bridgehead atoms. The average molecular weight is 310 g/mol. The largest absolute Gasteiger partial charge is 0.493 e. The van der Waals surface area contributed by atoms with Crippen LogP contribution in [0.1, 0.15) is 30.4 Å². The summed E-state index contributed by atoms with van der Waals surface area (Å²) < 4.78 is 5.74. The highest BCUT2D eigenvalue weighted by atomic mass is 35.5. The Bertz CT molecular complexity index is 547. The molecule has 0 saturated carbocycles. The number of fused-ring (bicyclic) bond motifs is 1. The second-order valence-corrected chi connectivity index (χ2v) is 6.43. The van der Waals surface area contributed by atoms with E-state index in [2.05, 4.69) is 4.90 Å². The molecule has 0 radical (unpaired) electrons. The van der Waals surface area contributed by atoms with E-state index in [-0.39, 0.29) is 12.3 Å². The first-order valence-electron chi connectivity index (χ1n) is 7.50. The summed E-state index contributed by atoms with van der Waals surface area (Å²) in [6.45, 7) is 3.37. The zero-order chi connectivity index (χ0) is 14.8. The minimum absolute atomic E-state index is 0.254. The van der Waals surface area contributed by atoms with Gasteiger partial charge in [-0.05, 0) is 43.0 Å². The lowest BCUT2D eigenvalue weighted by molar-refractivity contribution is -0.138. The summed E-state index contributed by atoms with van der Waals surface area (Å²) in [6.07, 6.45) is 3.25. The number of aliphatic carboxylic acids is 1. The number of halogens is 1. The van der Waals surface area contributed by atoms with Gasteiger partial charge < -0.3 is 9.84 Å². The molecule has 1 atom stereocenters. The Morgan fingerprint density at radius 3 is 3.14 bits per heavy atom. The van der Waals surface area contributed by atoms with Gasteiger partial charge in [-0.25, -0.2) is 0 Å².